The van der Waals surface area contributed by atoms with E-state index in [9.17, 15) is 5.11 Å². The summed E-state index contributed by atoms with van der Waals surface area (Å²) in [7, 11) is 0. The number of hydrogen-bond donors (Lipinski definition) is 1. The molecule has 2 nitrogen and oxygen atoms in total. The molecule has 1 heterocycles. The number of hydrogen-bond acceptors (Lipinski definition) is 2. The normalized spacial score (nSPS) is 11.0. The van der Waals surface area contributed by atoms with E-state index in [1.165, 1.54) is 0 Å². The van der Waals surface area contributed by atoms with Crippen LogP contribution in [0.5, 0.6) is 0 Å². The van der Waals surface area contributed by atoms with Crippen LogP contribution in [0, 0.1) is 0 Å². The summed E-state index contributed by atoms with van der Waals surface area (Å²) in [6.07, 6.45) is 7.78. The molecule has 0 bridgehead atoms. The Morgan fingerprint density at radius 3 is 2.27 bits per heavy atom. The monoisotopic (exact) mass is 287 g/mol. The van der Waals surface area contributed by atoms with Gasteiger partial charge >= 0.3 is 0 Å². The van der Waals surface area contributed by atoms with Crippen molar-refractivity contribution in [2.75, 3.05) is 0 Å². The molecule has 0 aliphatic heterocycles. The number of pyridine rings is 1. The molecule has 0 saturated heterocycles. The van der Waals surface area contributed by atoms with Gasteiger partial charge in [0.15, 0.2) is 0 Å². The lowest BCUT2D eigenvalue weighted by atomic mass is 10.0. The zero-order valence-electron chi connectivity index (χ0n) is 12.2. The number of rotatable bonds is 4. The van der Waals surface area contributed by atoms with Gasteiger partial charge in [-0.2, -0.15) is 0 Å². The van der Waals surface area contributed by atoms with Gasteiger partial charge in [-0.05, 0) is 40.5 Å². The van der Waals surface area contributed by atoms with Crippen LogP contribution in [-0.4, -0.2) is 10.1 Å². The molecule has 1 N–H and O–H groups in total. The first-order valence-corrected chi connectivity index (χ1v) is 7.23. The largest absolute Gasteiger partial charge is 0.392 e. The van der Waals surface area contributed by atoms with E-state index in [-0.39, 0.29) is 6.61 Å². The van der Waals surface area contributed by atoms with Crippen LogP contribution in [0.4, 0.5) is 0 Å². The Hall–Kier alpha value is -2.71. The third-order valence-corrected chi connectivity index (χ3v) is 3.48. The van der Waals surface area contributed by atoms with Gasteiger partial charge in [0.25, 0.3) is 0 Å². The van der Waals surface area contributed by atoms with Crippen LogP contribution in [0.2, 0.25) is 0 Å². The van der Waals surface area contributed by atoms with Gasteiger partial charge in [0.2, 0.25) is 0 Å². The molecule has 2 heteroatoms. The summed E-state index contributed by atoms with van der Waals surface area (Å²) in [5.41, 5.74) is 5.40. The molecule has 0 radical (unpaired) electrons. The number of aliphatic hydroxyl groups is 1. The number of nitrogens with zero attached hydrogens (tertiary/aromatic N) is 1. The average molecular weight is 287 g/mol. The van der Waals surface area contributed by atoms with Crippen molar-refractivity contribution < 1.29 is 5.11 Å². The molecular formula is C20H17NO. The highest BCUT2D eigenvalue weighted by molar-refractivity contribution is 5.73. The van der Waals surface area contributed by atoms with Crippen molar-refractivity contribution in [2.45, 2.75) is 6.61 Å². The first-order chi connectivity index (χ1) is 10.8. The Morgan fingerprint density at radius 2 is 1.55 bits per heavy atom. The van der Waals surface area contributed by atoms with Gasteiger partial charge in [-0.1, -0.05) is 54.6 Å². The van der Waals surface area contributed by atoms with E-state index < -0.39 is 0 Å². The lowest BCUT2D eigenvalue weighted by molar-refractivity contribution is 0.282. The summed E-state index contributed by atoms with van der Waals surface area (Å²) in [6.45, 7) is 0.0676. The highest BCUT2D eigenvalue weighted by atomic mass is 16.3. The third kappa shape index (κ3) is 3.48. The minimum absolute atomic E-state index is 0.0676. The van der Waals surface area contributed by atoms with Crippen LogP contribution in [0.25, 0.3) is 23.3 Å². The van der Waals surface area contributed by atoms with Gasteiger partial charge < -0.3 is 5.11 Å². The lowest BCUT2D eigenvalue weighted by Crippen LogP contribution is -1.83. The summed E-state index contributed by atoms with van der Waals surface area (Å²) >= 11 is 0. The van der Waals surface area contributed by atoms with E-state index in [0.29, 0.717) is 0 Å². The van der Waals surface area contributed by atoms with E-state index in [2.05, 4.69) is 41.4 Å². The molecule has 3 aromatic rings. The van der Waals surface area contributed by atoms with Crippen molar-refractivity contribution in [2.24, 2.45) is 0 Å². The Morgan fingerprint density at radius 1 is 0.818 bits per heavy atom. The fourth-order valence-corrected chi connectivity index (χ4v) is 2.34. The van der Waals surface area contributed by atoms with Gasteiger partial charge in [-0.15, -0.1) is 0 Å². The summed E-state index contributed by atoms with van der Waals surface area (Å²) in [5, 5.41) is 9.18. The van der Waals surface area contributed by atoms with Gasteiger partial charge in [0.05, 0.1) is 6.61 Å². The summed E-state index contributed by atoms with van der Waals surface area (Å²) in [6, 6.07) is 20.2. The first-order valence-electron chi connectivity index (χ1n) is 7.23. The standard InChI is InChI=1S/C20H17NO/c22-15-18-6-1-4-16(12-18)9-10-17-5-2-7-19(13-17)20-8-3-11-21-14-20/h1-14,22H,15H2/b10-9+. The molecule has 1 aromatic heterocycles. The highest BCUT2D eigenvalue weighted by Gasteiger charge is 1.97. The van der Waals surface area contributed by atoms with Crippen molar-refractivity contribution in [1.82, 2.24) is 4.98 Å². The van der Waals surface area contributed by atoms with E-state index in [1.807, 2.05) is 42.6 Å². The highest BCUT2D eigenvalue weighted by Crippen LogP contribution is 2.20. The predicted molar refractivity (Wildman–Crippen MR) is 91.0 cm³/mol. The van der Waals surface area contributed by atoms with Crippen molar-refractivity contribution in [3.8, 4) is 11.1 Å². The predicted octanol–water partition coefficient (Wildman–Crippen LogP) is 4.41. The van der Waals surface area contributed by atoms with Gasteiger partial charge in [-0.3, -0.25) is 4.98 Å². The minimum atomic E-state index is 0.0676. The van der Waals surface area contributed by atoms with E-state index in [4.69, 9.17) is 0 Å². The van der Waals surface area contributed by atoms with Crippen molar-refractivity contribution in [1.29, 1.82) is 0 Å². The lowest BCUT2D eigenvalue weighted by Gasteiger charge is -2.02. The Balaban J connectivity index is 1.85. The zero-order chi connectivity index (χ0) is 15.2. The quantitative estimate of drug-likeness (QED) is 0.721. The molecule has 108 valence electrons. The van der Waals surface area contributed by atoms with Crippen LogP contribution in [0.15, 0.2) is 73.1 Å². The van der Waals surface area contributed by atoms with E-state index in [0.717, 1.165) is 27.8 Å². The van der Waals surface area contributed by atoms with Crippen LogP contribution < -0.4 is 0 Å². The molecule has 0 unspecified atom stereocenters. The molecular weight excluding hydrogens is 270 g/mol. The zero-order valence-corrected chi connectivity index (χ0v) is 12.2. The summed E-state index contributed by atoms with van der Waals surface area (Å²) < 4.78 is 0. The average Bonchev–Trinajstić information content (AvgIpc) is 2.61. The van der Waals surface area contributed by atoms with Gasteiger partial charge in [0.1, 0.15) is 0 Å². The Labute approximate surface area is 130 Å². The number of aromatic nitrogens is 1. The molecule has 0 aliphatic carbocycles. The molecule has 0 spiro atoms. The molecule has 0 amide bonds. The summed E-state index contributed by atoms with van der Waals surface area (Å²) in [4.78, 5) is 4.16. The second-order valence-electron chi connectivity index (χ2n) is 5.10. The molecule has 22 heavy (non-hydrogen) atoms. The van der Waals surface area contributed by atoms with E-state index in [1.54, 1.807) is 6.20 Å². The maximum Gasteiger partial charge on any atom is 0.0682 e. The third-order valence-electron chi connectivity index (χ3n) is 3.48. The van der Waals surface area contributed by atoms with Gasteiger partial charge in [0, 0.05) is 18.0 Å². The number of benzene rings is 2. The second kappa shape index (κ2) is 6.83. The SMILES string of the molecule is OCc1cccc(/C=C/c2cccc(-c3cccnc3)c2)c1. The van der Waals surface area contributed by atoms with Crippen LogP contribution >= 0.6 is 0 Å². The topological polar surface area (TPSA) is 33.1 Å². The molecule has 0 aliphatic rings. The maximum atomic E-state index is 9.18. The smallest absolute Gasteiger partial charge is 0.0682 e. The van der Waals surface area contributed by atoms with Gasteiger partial charge in [-0.25, -0.2) is 0 Å². The van der Waals surface area contributed by atoms with E-state index >= 15 is 0 Å². The fourth-order valence-electron chi connectivity index (χ4n) is 2.34. The first kappa shape index (κ1) is 14.2. The van der Waals surface area contributed by atoms with Crippen molar-refractivity contribution >= 4 is 12.2 Å². The fraction of sp³-hybridized carbons (Fsp3) is 0.0500. The Bertz CT molecular complexity index is 778. The molecule has 0 saturated carbocycles. The second-order valence-corrected chi connectivity index (χ2v) is 5.10. The summed E-state index contributed by atoms with van der Waals surface area (Å²) in [5.74, 6) is 0. The maximum absolute atomic E-state index is 9.18. The Kier molecular flexibility index (Phi) is 4.42. The van der Waals surface area contributed by atoms with Crippen LogP contribution in [0.3, 0.4) is 0 Å². The van der Waals surface area contributed by atoms with Crippen molar-refractivity contribution in [3.05, 3.63) is 89.7 Å². The molecule has 2 aromatic carbocycles. The molecule has 0 fully saturated rings. The number of aliphatic hydroxyl groups excluding tert-OH is 1. The van der Waals surface area contributed by atoms with Crippen molar-refractivity contribution in [3.63, 3.8) is 0 Å². The minimum Gasteiger partial charge on any atom is -0.392 e. The molecule has 0 atom stereocenters. The molecule has 3 rings (SSSR count). The van der Waals surface area contributed by atoms with Crippen LogP contribution in [0.1, 0.15) is 16.7 Å². The van der Waals surface area contributed by atoms with Crippen LogP contribution in [-0.2, 0) is 6.61 Å².